The summed E-state index contributed by atoms with van der Waals surface area (Å²) in [5.74, 6) is -0.868. The van der Waals surface area contributed by atoms with E-state index in [1.54, 1.807) is 30.4 Å². The molecule has 1 heterocycles. The SMILES string of the molecule is C[C@@H](CO)NC(=O)C(Cc1cccs1)c1ccc(F)cc1. The number of carbonyl (C=O) groups is 1. The number of thiophene rings is 1. The summed E-state index contributed by atoms with van der Waals surface area (Å²) in [6.45, 7) is 1.63. The second kappa shape index (κ2) is 7.33. The molecule has 0 fully saturated rings. The quantitative estimate of drug-likeness (QED) is 0.862. The molecule has 0 spiro atoms. The molecule has 1 amide bonds. The molecule has 2 N–H and O–H groups in total. The van der Waals surface area contributed by atoms with Crippen LogP contribution in [-0.2, 0) is 11.2 Å². The number of aliphatic hydroxyl groups excluding tert-OH is 1. The van der Waals surface area contributed by atoms with Crippen molar-refractivity contribution in [2.75, 3.05) is 6.61 Å². The van der Waals surface area contributed by atoms with Crippen LogP contribution in [0, 0.1) is 5.82 Å². The van der Waals surface area contributed by atoms with Crippen LogP contribution in [0.3, 0.4) is 0 Å². The van der Waals surface area contributed by atoms with Crippen molar-refractivity contribution in [2.24, 2.45) is 0 Å². The lowest BCUT2D eigenvalue weighted by atomic mass is 9.93. The molecule has 1 unspecified atom stereocenters. The van der Waals surface area contributed by atoms with Gasteiger partial charge in [0.2, 0.25) is 5.91 Å². The zero-order valence-electron chi connectivity index (χ0n) is 11.8. The summed E-state index contributed by atoms with van der Waals surface area (Å²) in [4.78, 5) is 13.5. The fourth-order valence-corrected chi connectivity index (χ4v) is 2.83. The maximum atomic E-state index is 13.1. The summed E-state index contributed by atoms with van der Waals surface area (Å²) in [5, 5.41) is 13.8. The Labute approximate surface area is 127 Å². The van der Waals surface area contributed by atoms with Crippen LogP contribution in [0.25, 0.3) is 0 Å². The van der Waals surface area contributed by atoms with Gasteiger partial charge in [0.25, 0.3) is 0 Å². The third kappa shape index (κ3) is 4.37. The zero-order chi connectivity index (χ0) is 15.2. The zero-order valence-corrected chi connectivity index (χ0v) is 12.6. The lowest BCUT2D eigenvalue weighted by molar-refractivity contribution is -0.123. The van der Waals surface area contributed by atoms with Crippen LogP contribution in [0.5, 0.6) is 0 Å². The fraction of sp³-hybridized carbons (Fsp3) is 0.312. The molecule has 2 atom stereocenters. The second-order valence-corrected chi connectivity index (χ2v) is 6.01. The van der Waals surface area contributed by atoms with E-state index in [1.807, 2.05) is 17.5 Å². The molecule has 0 aliphatic carbocycles. The number of amides is 1. The first-order valence-electron chi connectivity index (χ1n) is 6.79. The van der Waals surface area contributed by atoms with E-state index in [-0.39, 0.29) is 24.4 Å². The summed E-state index contributed by atoms with van der Waals surface area (Å²) in [5.41, 5.74) is 0.771. The molecule has 5 heteroatoms. The Balaban J connectivity index is 2.21. The molecule has 1 aromatic carbocycles. The van der Waals surface area contributed by atoms with Gasteiger partial charge in [0.1, 0.15) is 5.82 Å². The Bertz CT molecular complexity index is 568. The van der Waals surface area contributed by atoms with Crippen LogP contribution in [0.2, 0.25) is 0 Å². The highest BCUT2D eigenvalue weighted by Gasteiger charge is 2.22. The van der Waals surface area contributed by atoms with E-state index in [0.717, 1.165) is 10.4 Å². The van der Waals surface area contributed by atoms with Gasteiger partial charge in [0.15, 0.2) is 0 Å². The number of rotatable bonds is 6. The van der Waals surface area contributed by atoms with E-state index < -0.39 is 5.92 Å². The fourth-order valence-electron chi connectivity index (χ4n) is 2.08. The Morgan fingerprint density at radius 2 is 2.05 bits per heavy atom. The van der Waals surface area contributed by atoms with Gasteiger partial charge in [-0.05, 0) is 42.5 Å². The number of nitrogens with one attached hydrogen (secondary N) is 1. The van der Waals surface area contributed by atoms with Crippen molar-refractivity contribution < 1.29 is 14.3 Å². The molecule has 1 aromatic heterocycles. The van der Waals surface area contributed by atoms with Gasteiger partial charge in [-0.3, -0.25) is 4.79 Å². The number of hydrogen-bond acceptors (Lipinski definition) is 3. The van der Waals surface area contributed by atoms with Crippen LogP contribution in [0.4, 0.5) is 4.39 Å². The highest BCUT2D eigenvalue weighted by molar-refractivity contribution is 7.09. The van der Waals surface area contributed by atoms with Gasteiger partial charge in [-0.15, -0.1) is 11.3 Å². The predicted molar refractivity (Wildman–Crippen MR) is 81.9 cm³/mol. The van der Waals surface area contributed by atoms with Gasteiger partial charge >= 0.3 is 0 Å². The minimum absolute atomic E-state index is 0.110. The van der Waals surface area contributed by atoms with Crippen molar-refractivity contribution in [3.8, 4) is 0 Å². The molecular weight excluding hydrogens is 289 g/mol. The van der Waals surface area contributed by atoms with Crippen molar-refractivity contribution in [3.05, 3.63) is 58.0 Å². The standard InChI is InChI=1S/C16H18FNO2S/c1-11(10-19)18-16(20)15(9-14-3-2-8-21-14)12-4-6-13(17)7-5-12/h2-8,11,15,19H,9-10H2,1H3,(H,18,20)/t11-,15?/m0/s1. The maximum Gasteiger partial charge on any atom is 0.228 e. The highest BCUT2D eigenvalue weighted by Crippen LogP contribution is 2.24. The molecule has 112 valence electrons. The molecule has 2 rings (SSSR count). The molecule has 0 radical (unpaired) electrons. The van der Waals surface area contributed by atoms with Gasteiger partial charge < -0.3 is 10.4 Å². The molecule has 0 saturated heterocycles. The number of halogens is 1. The molecule has 3 nitrogen and oxygen atoms in total. The summed E-state index contributed by atoms with van der Waals surface area (Å²) in [6.07, 6.45) is 0.563. The molecule has 2 aromatic rings. The normalized spacial score (nSPS) is 13.7. The van der Waals surface area contributed by atoms with Gasteiger partial charge in [-0.2, -0.15) is 0 Å². The summed E-state index contributed by atoms with van der Waals surface area (Å²) >= 11 is 1.59. The first-order chi connectivity index (χ1) is 10.1. The van der Waals surface area contributed by atoms with E-state index in [0.29, 0.717) is 6.42 Å². The summed E-state index contributed by atoms with van der Waals surface area (Å²) < 4.78 is 13.1. The lowest BCUT2D eigenvalue weighted by Gasteiger charge is -2.19. The summed E-state index contributed by atoms with van der Waals surface area (Å²) in [6, 6.07) is 9.61. The first-order valence-corrected chi connectivity index (χ1v) is 7.67. The lowest BCUT2D eigenvalue weighted by Crippen LogP contribution is -2.38. The summed E-state index contributed by atoms with van der Waals surface area (Å²) in [7, 11) is 0. The van der Waals surface area contributed by atoms with E-state index in [9.17, 15) is 9.18 Å². The average molecular weight is 307 g/mol. The van der Waals surface area contributed by atoms with Crippen molar-refractivity contribution in [1.29, 1.82) is 0 Å². The van der Waals surface area contributed by atoms with Crippen LogP contribution < -0.4 is 5.32 Å². The Morgan fingerprint density at radius 3 is 2.62 bits per heavy atom. The van der Waals surface area contributed by atoms with E-state index in [1.165, 1.54) is 12.1 Å². The van der Waals surface area contributed by atoms with Gasteiger partial charge in [0, 0.05) is 10.9 Å². The van der Waals surface area contributed by atoms with Crippen LogP contribution in [0.15, 0.2) is 41.8 Å². The maximum absolute atomic E-state index is 13.1. The van der Waals surface area contributed by atoms with Gasteiger partial charge in [-0.1, -0.05) is 18.2 Å². The monoisotopic (exact) mass is 307 g/mol. The second-order valence-electron chi connectivity index (χ2n) is 4.98. The molecule has 0 aliphatic heterocycles. The van der Waals surface area contributed by atoms with Gasteiger partial charge in [-0.25, -0.2) is 4.39 Å². The largest absolute Gasteiger partial charge is 0.394 e. The number of benzene rings is 1. The van der Waals surface area contributed by atoms with Crippen molar-refractivity contribution in [2.45, 2.75) is 25.3 Å². The van der Waals surface area contributed by atoms with E-state index >= 15 is 0 Å². The van der Waals surface area contributed by atoms with Crippen LogP contribution in [-0.4, -0.2) is 23.7 Å². The van der Waals surface area contributed by atoms with Crippen molar-refractivity contribution >= 4 is 17.2 Å². The average Bonchev–Trinajstić information content (AvgIpc) is 2.98. The minimum Gasteiger partial charge on any atom is -0.394 e. The topological polar surface area (TPSA) is 49.3 Å². The highest BCUT2D eigenvalue weighted by atomic mass is 32.1. The van der Waals surface area contributed by atoms with E-state index in [2.05, 4.69) is 5.32 Å². The Kier molecular flexibility index (Phi) is 5.47. The minimum atomic E-state index is -0.391. The molecule has 0 aliphatic rings. The number of aliphatic hydroxyl groups is 1. The third-order valence-electron chi connectivity index (χ3n) is 3.24. The van der Waals surface area contributed by atoms with Crippen LogP contribution >= 0.6 is 11.3 Å². The number of hydrogen-bond donors (Lipinski definition) is 2. The smallest absolute Gasteiger partial charge is 0.228 e. The first kappa shape index (κ1) is 15.7. The van der Waals surface area contributed by atoms with E-state index in [4.69, 9.17) is 5.11 Å². The van der Waals surface area contributed by atoms with Crippen molar-refractivity contribution in [3.63, 3.8) is 0 Å². The third-order valence-corrected chi connectivity index (χ3v) is 4.14. The molecule has 0 bridgehead atoms. The van der Waals surface area contributed by atoms with Gasteiger partial charge in [0.05, 0.1) is 12.5 Å². The Morgan fingerprint density at radius 1 is 1.33 bits per heavy atom. The number of carbonyl (C=O) groups excluding carboxylic acids is 1. The molecule has 21 heavy (non-hydrogen) atoms. The molecule has 0 saturated carbocycles. The molecular formula is C16H18FNO2S. The Hall–Kier alpha value is -1.72. The van der Waals surface area contributed by atoms with Crippen molar-refractivity contribution in [1.82, 2.24) is 5.32 Å². The van der Waals surface area contributed by atoms with Crippen LogP contribution in [0.1, 0.15) is 23.3 Å². The predicted octanol–water partition coefficient (Wildman–Crippen LogP) is 2.71.